The highest BCUT2D eigenvalue weighted by Crippen LogP contribution is 2.55. The highest BCUT2D eigenvalue weighted by Gasteiger charge is 2.31. The van der Waals surface area contributed by atoms with E-state index < -0.39 is 0 Å². The molecule has 0 unspecified atom stereocenters. The molecular formula is C104H111N5OS2. The lowest BCUT2D eigenvalue weighted by Gasteiger charge is -2.40. The van der Waals surface area contributed by atoms with Gasteiger partial charge in [-0.1, -0.05) is 295 Å². The number of para-hydroxylation sites is 12. The monoisotopic (exact) mass is 1510 g/mol. The minimum atomic E-state index is 0. The molecule has 0 atom stereocenters. The van der Waals surface area contributed by atoms with Gasteiger partial charge in [0.15, 0.2) is 11.5 Å². The van der Waals surface area contributed by atoms with Crippen LogP contribution in [0.2, 0.25) is 0 Å². The second-order valence-corrected chi connectivity index (χ2v) is 32.9. The highest BCUT2D eigenvalue weighted by atomic mass is 32.1. The van der Waals surface area contributed by atoms with Crippen LogP contribution in [0.5, 0.6) is 11.5 Å². The summed E-state index contributed by atoms with van der Waals surface area (Å²) in [6.45, 7) is 27.0. The van der Waals surface area contributed by atoms with E-state index >= 15 is 0 Å². The van der Waals surface area contributed by atoms with Crippen LogP contribution >= 0.6 is 24.8 Å². The van der Waals surface area contributed by atoms with Crippen LogP contribution < -0.4 is 24.3 Å². The van der Waals surface area contributed by atoms with Crippen LogP contribution in [0.25, 0.3) is 47.7 Å². The summed E-state index contributed by atoms with van der Waals surface area (Å²) in [7, 11) is 0. The van der Waals surface area contributed by atoms with E-state index in [0.717, 1.165) is 51.3 Å². The number of hydrogen-bond donors (Lipinski definition) is 0. The molecule has 0 bridgehead atoms. The SMILES string of the molecule is C.C.C.C.CC(C)(C)c1ccc(N(c2ccccc2)c2ccc(-n3c4ccccc4c4ccccc43)cc2)cc1.CC(C)(C)c1ccc(N2c3ccccc3N(c3ccccc3)c3ccccc32)cc1.CC(C)(C)c1ccc(N2c3ccccc3Oc3ccccc32)cc1.CC(C)(C)c1ccc2sc3ccccc3c2c1.S. The molecule has 16 aromatic rings. The fraction of sp³-hybridized carbons (Fsp3) is 0.192. The molecule has 6 nitrogen and oxygen atoms in total. The molecule has 4 heterocycles. The van der Waals surface area contributed by atoms with Crippen molar-refractivity contribution in [2.24, 2.45) is 0 Å². The minimum Gasteiger partial charge on any atom is -0.453 e. The molecule has 18 rings (SSSR count). The Bertz CT molecular complexity index is 5630. The van der Waals surface area contributed by atoms with E-state index in [-0.39, 0.29) is 64.9 Å². The van der Waals surface area contributed by atoms with Crippen LogP contribution in [0.15, 0.2) is 346 Å². The van der Waals surface area contributed by atoms with Crippen LogP contribution in [-0.2, 0) is 21.7 Å². The molecule has 0 N–H and O–H groups in total. The van der Waals surface area contributed by atoms with Crippen molar-refractivity contribution in [1.82, 2.24) is 4.57 Å². The van der Waals surface area contributed by atoms with Crippen molar-refractivity contribution in [3.8, 4) is 17.2 Å². The average Bonchev–Trinajstić information content (AvgIpc) is 0.783. The van der Waals surface area contributed by atoms with Gasteiger partial charge < -0.3 is 28.9 Å². The molecule has 0 spiro atoms. The fourth-order valence-corrected chi connectivity index (χ4v) is 15.6. The minimum absolute atomic E-state index is 0. The molecule has 0 aliphatic carbocycles. The zero-order chi connectivity index (χ0) is 74.2. The Kier molecular flexibility index (Phi) is 25.5. The topological polar surface area (TPSA) is 27.1 Å². The number of hydrogen-bond acceptors (Lipinski definition) is 6. The van der Waals surface area contributed by atoms with Gasteiger partial charge in [-0.15, -0.1) is 11.3 Å². The van der Waals surface area contributed by atoms with Crippen molar-refractivity contribution in [3.63, 3.8) is 0 Å². The largest absolute Gasteiger partial charge is 0.453 e. The molecule has 8 heteroatoms. The fourth-order valence-electron chi connectivity index (χ4n) is 14.6. The maximum atomic E-state index is 6.07. The molecule has 0 radical (unpaired) electrons. The molecular weight excluding hydrogens is 1400 g/mol. The van der Waals surface area contributed by atoms with Gasteiger partial charge in [0.1, 0.15) is 0 Å². The van der Waals surface area contributed by atoms with Gasteiger partial charge in [-0.25, -0.2) is 0 Å². The molecule has 0 saturated carbocycles. The van der Waals surface area contributed by atoms with Gasteiger partial charge in [-0.05, 0) is 208 Å². The first kappa shape index (κ1) is 82.9. The van der Waals surface area contributed by atoms with Crippen molar-refractivity contribution < 1.29 is 4.74 Å². The Morgan fingerprint density at radius 1 is 0.250 bits per heavy atom. The Morgan fingerprint density at radius 2 is 0.545 bits per heavy atom. The number of fused-ring (bicyclic) bond motifs is 10. The van der Waals surface area contributed by atoms with E-state index in [1.54, 1.807) is 0 Å². The molecule has 0 amide bonds. The van der Waals surface area contributed by atoms with E-state index in [9.17, 15) is 0 Å². The molecule has 112 heavy (non-hydrogen) atoms. The molecule has 2 aliphatic heterocycles. The van der Waals surface area contributed by atoms with Crippen molar-refractivity contribution in [1.29, 1.82) is 0 Å². The number of benzene rings is 14. The lowest BCUT2D eigenvalue weighted by atomic mass is 9.86. The van der Waals surface area contributed by atoms with Crippen LogP contribution in [-0.4, -0.2) is 4.57 Å². The van der Waals surface area contributed by atoms with E-state index in [1.165, 1.54) is 98.4 Å². The summed E-state index contributed by atoms with van der Waals surface area (Å²) < 4.78 is 11.2. The normalized spacial score (nSPS) is 11.9. The maximum Gasteiger partial charge on any atom is 0.151 e. The Hall–Kier alpha value is -11.6. The van der Waals surface area contributed by atoms with E-state index in [2.05, 4.69) is 417 Å². The Morgan fingerprint density at radius 3 is 0.973 bits per heavy atom. The van der Waals surface area contributed by atoms with Crippen molar-refractivity contribution in [2.75, 3.05) is 19.6 Å². The summed E-state index contributed by atoms with van der Waals surface area (Å²) in [4.78, 5) is 9.31. The molecule has 570 valence electrons. The van der Waals surface area contributed by atoms with Gasteiger partial charge in [-0.3, -0.25) is 0 Å². The summed E-state index contributed by atoms with van der Waals surface area (Å²) >= 11 is 1.88. The first-order chi connectivity index (χ1) is 51.6. The smallest absolute Gasteiger partial charge is 0.151 e. The second kappa shape index (κ2) is 34.4. The predicted octanol–water partition coefficient (Wildman–Crippen LogP) is 32.4. The molecule has 2 aliphatic rings. The quantitative estimate of drug-likeness (QED) is 0.159. The standard InChI is InChI=1S/C34H30N2.C28H26N2.C22H21NO.C16H16S.4CH4.H2S/c1-34(2,3)25-17-19-27(20-18-25)35(26-11-5-4-6-12-26)28-21-23-29(24-22-28)36-32-15-9-7-13-30(32)31-14-8-10-16-33(31)36;1-28(2,3)21-17-19-23(20-18-21)30-26-15-9-7-13-24(26)29(22-11-5-4-6-12-22)25-14-8-10-16-27(25)30;1-22(2,3)16-12-14-17(15-13-16)23-18-8-4-6-10-20(18)24-21-11-7-5-9-19(21)23;1-16(2,3)11-8-9-15-13(10-11)12-6-4-5-7-14(12)17-15;;;;;/h4-24H,1-3H3;4-20H,1-3H3;4-15H,1-3H3;4-10H,1-3H3;4*1H4;1H2. The molecule has 0 saturated heterocycles. The molecule has 14 aromatic carbocycles. The first-order valence-corrected chi connectivity index (χ1v) is 38.1. The number of rotatable bonds is 7. The first-order valence-electron chi connectivity index (χ1n) is 37.3. The van der Waals surface area contributed by atoms with Crippen LogP contribution in [0.4, 0.5) is 68.2 Å². The van der Waals surface area contributed by atoms with Gasteiger partial charge in [0, 0.05) is 70.8 Å². The van der Waals surface area contributed by atoms with Gasteiger partial charge >= 0.3 is 0 Å². The van der Waals surface area contributed by atoms with Gasteiger partial charge in [-0.2, -0.15) is 13.5 Å². The number of aromatic nitrogens is 1. The highest BCUT2D eigenvalue weighted by molar-refractivity contribution is 7.59. The predicted molar refractivity (Wildman–Crippen MR) is 497 cm³/mol. The number of ether oxygens (including phenoxy) is 1. The second-order valence-electron chi connectivity index (χ2n) is 31.9. The van der Waals surface area contributed by atoms with E-state index in [1.807, 2.05) is 47.7 Å². The van der Waals surface area contributed by atoms with Gasteiger partial charge in [0.25, 0.3) is 0 Å². The summed E-state index contributed by atoms with van der Waals surface area (Å²) in [6, 6.07) is 123. The summed E-state index contributed by atoms with van der Waals surface area (Å²) in [5.74, 6) is 1.77. The average molecular weight is 1510 g/mol. The van der Waals surface area contributed by atoms with Crippen LogP contribution in [0.1, 0.15) is 135 Å². The molecule has 2 aromatic heterocycles. The Balaban J connectivity index is 0.000000161. The van der Waals surface area contributed by atoms with E-state index in [4.69, 9.17) is 4.74 Å². The van der Waals surface area contributed by atoms with Crippen molar-refractivity contribution in [3.05, 3.63) is 368 Å². The third kappa shape index (κ3) is 17.0. The third-order valence-electron chi connectivity index (χ3n) is 20.4. The summed E-state index contributed by atoms with van der Waals surface area (Å²) in [6.07, 6.45) is 0. The number of nitrogens with zero attached hydrogens (tertiary/aromatic N) is 5. The summed E-state index contributed by atoms with van der Waals surface area (Å²) in [5, 5.41) is 5.35. The summed E-state index contributed by atoms with van der Waals surface area (Å²) in [5.41, 5.74) is 23.5. The Labute approximate surface area is 679 Å². The van der Waals surface area contributed by atoms with Crippen LogP contribution in [0.3, 0.4) is 0 Å². The number of anilines is 12. The van der Waals surface area contributed by atoms with Crippen molar-refractivity contribution >= 4 is 135 Å². The zero-order valence-electron chi connectivity index (χ0n) is 64.0. The lowest BCUT2D eigenvalue weighted by Crippen LogP contribution is -2.24. The van der Waals surface area contributed by atoms with Crippen LogP contribution in [0, 0.1) is 0 Å². The van der Waals surface area contributed by atoms with Gasteiger partial charge in [0.2, 0.25) is 0 Å². The zero-order valence-corrected chi connectivity index (χ0v) is 65.8. The van der Waals surface area contributed by atoms with Gasteiger partial charge in [0.05, 0.1) is 45.2 Å². The maximum absolute atomic E-state index is 6.07. The van der Waals surface area contributed by atoms with E-state index in [0.29, 0.717) is 0 Å². The lowest BCUT2D eigenvalue weighted by molar-refractivity contribution is 0.477. The molecule has 0 fully saturated rings. The number of thiophene rings is 1. The third-order valence-corrected chi connectivity index (χ3v) is 21.5. The van der Waals surface area contributed by atoms with Crippen molar-refractivity contribution in [2.45, 2.75) is 134 Å².